The van der Waals surface area contributed by atoms with E-state index in [1.54, 1.807) is 0 Å². The zero-order valence-electron chi connectivity index (χ0n) is 18.3. The van der Waals surface area contributed by atoms with Crippen molar-refractivity contribution in [3.8, 4) is 0 Å². The third-order valence-electron chi connectivity index (χ3n) is 6.09. The molecule has 3 rings (SSSR count). The second-order valence-corrected chi connectivity index (χ2v) is 8.48. The lowest BCUT2D eigenvalue weighted by molar-refractivity contribution is 0.110. The van der Waals surface area contributed by atoms with Gasteiger partial charge in [0.2, 0.25) is 0 Å². The Bertz CT molecular complexity index is 739. The van der Waals surface area contributed by atoms with Crippen LogP contribution in [-0.2, 0) is 12.8 Å². The monoisotopic (exact) mass is 418 g/mol. The zero-order valence-corrected chi connectivity index (χ0v) is 19.1. The summed E-state index contributed by atoms with van der Waals surface area (Å²) in [5, 5.41) is 12.1. The van der Waals surface area contributed by atoms with Crippen molar-refractivity contribution in [1.82, 2.24) is 9.88 Å². The molecule has 1 aliphatic rings. The summed E-state index contributed by atoms with van der Waals surface area (Å²) in [7, 11) is 0. The predicted octanol–water partition coefficient (Wildman–Crippen LogP) is 6.25. The highest BCUT2D eigenvalue weighted by atomic mass is 35.5. The molecule has 1 atom stereocenters. The Morgan fingerprint density at radius 1 is 0.966 bits per heavy atom. The lowest BCUT2D eigenvalue weighted by Gasteiger charge is -2.25. The molecule has 29 heavy (non-hydrogen) atoms. The first-order valence-corrected chi connectivity index (χ1v) is 11.5. The Balaban J connectivity index is 0.00000300. The summed E-state index contributed by atoms with van der Waals surface area (Å²) < 4.78 is 0. The van der Waals surface area contributed by atoms with Crippen LogP contribution in [0.25, 0.3) is 10.9 Å². The van der Waals surface area contributed by atoms with Gasteiger partial charge < -0.3 is 10.0 Å². The van der Waals surface area contributed by atoms with E-state index in [0.29, 0.717) is 0 Å². The van der Waals surface area contributed by atoms with Gasteiger partial charge in [-0.25, -0.2) is 0 Å². The highest BCUT2D eigenvalue weighted by Crippen LogP contribution is 2.26. The summed E-state index contributed by atoms with van der Waals surface area (Å²) in [6.07, 6.45) is 11.8. The van der Waals surface area contributed by atoms with Crippen LogP contribution in [0.3, 0.4) is 0 Å². The molecule has 1 aliphatic carbocycles. The van der Waals surface area contributed by atoms with Crippen LogP contribution in [0.4, 0.5) is 0 Å². The SMILES string of the molecule is CCCCCN(CCCCC)CC(O)c1ccc2cc3c(nc2c1)CCCC3.Cl. The van der Waals surface area contributed by atoms with E-state index >= 15 is 0 Å². The van der Waals surface area contributed by atoms with E-state index in [2.05, 4.69) is 43.0 Å². The molecule has 1 heterocycles. The number of aliphatic hydroxyl groups is 1. The Kier molecular flexibility index (Phi) is 10.4. The summed E-state index contributed by atoms with van der Waals surface area (Å²) >= 11 is 0. The highest BCUT2D eigenvalue weighted by Gasteiger charge is 2.16. The minimum absolute atomic E-state index is 0. The molecule has 1 aromatic carbocycles. The fraction of sp³-hybridized carbons (Fsp3) is 0.640. The van der Waals surface area contributed by atoms with Crippen LogP contribution in [0, 0.1) is 0 Å². The van der Waals surface area contributed by atoms with Gasteiger partial charge in [-0.15, -0.1) is 12.4 Å². The van der Waals surface area contributed by atoms with Crippen LogP contribution in [0.15, 0.2) is 24.3 Å². The Morgan fingerprint density at radius 3 is 2.34 bits per heavy atom. The van der Waals surface area contributed by atoms with E-state index < -0.39 is 6.10 Å². The smallest absolute Gasteiger partial charge is 0.0917 e. The molecule has 0 spiro atoms. The van der Waals surface area contributed by atoms with Gasteiger partial charge in [-0.1, -0.05) is 51.7 Å². The summed E-state index contributed by atoms with van der Waals surface area (Å²) in [5.41, 5.74) is 4.74. The number of rotatable bonds is 11. The van der Waals surface area contributed by atoms with Gasteiger partial charge in [-0.3, -0.25) is 4.98 Å². The Morgan fingerprint density at radius 2 is 1.66 bits per heavy atom. The van der Waals surface area contributed by atoms with Crippen molar-refractivity contribution < 1.29 is 5.11 Å². The van der Waals surface area contributed by atoms with Crippen LogP contribution in [0.2, 0.25) is 0 Å². The maximum atomic E-state index is 10.9. The quantitative estimate of drug-likeness (QED) is 0.438. The number of aliphatic hydroxyl groups excluding tert-OH is 1. The minimum atomic E-state index is -0.439. The first-order chi connectivity index (χ1) is 13.7. The van der Waals surface area contributed by atoms with E-state index in [1.165, 1.54) is 68.0 Å². The molecule has 2 aromatic rings. The molecule has 0 aliphatic heterocycles. The number of benzene rings is 1. The fourth-order valence-electron chi connectivity index (χ4n) is 4.33. The second-order valence-electron chi connectivity index (χ2n) is 8.48. The molecule has 3 nitrogen and oxygen atoms in total. The molecule has 4 heteroatoms. The first-order valence-electron chi connectivity index (χ1n) is 11.5. The average molecular weight is 419 g/mol. The number of pyridine rings is 1. The molecule has 0 saturated carbocycles. The molecule has 0 fully saturated rings. The van der Waals surface area contributed by atoms with Gasteiger partial charge in [0.25, 0.3) is 0 Å². The molecular weight excluding hydrogens is 380 g/mol. The molecular formula is C25H39ClN2O. The third kappa shape index (κ3) is 6.94. The van der Waals surface area contributed by atoms with Crippen LogP contribution < -0.4 is 0 Å². The Labute approximate surface area is 183 Å². The van der Waals surface area contributed by atoms with Crippen molar-refractivity contribution in [1.29, 1.82) is 0 Å². The average Bonchev–Trinajstić information content (AvgIpc) is 2.72. The molecule has 0 amide bonds. The topological polar surface area (TPSA) is 36.4 Å². The number of nitrogens with zero attached hydrogens (tertiary/aromatic N) is 2. The standard InChI is InChI=1S/C25H38N2O.ClH/c1-3-5-9-15-27(16-10-6-4-2)19-25(28)22-14-13-21-17-20-11-7-8-12-23(20)26-24(21)18-22;/h13-14,17-18,25,28H,3-12,15-16,19H2,1-2H3;1H. The maximum Gasteiger partial charge on any atom is 0.0917 e. The van der Waals surface area contributed by atoms with Gasteiger partial charge in [-0.2, -0.15) is 0 Å². The summed E-state index contributed by atoms with van der Waals surface area (Å²) in [4.78, 5) is 7.39. The van der Waals surface area contributed by atoms with Gasteiger partial charge in [0.15, 0.2) is 0 Å². The first kappa shape index (κ1) is 24.1. The van der Waals surface area contributed by atoms with Gasteiger partial charge in [-0.05, 0) is 74.9 Å². The maximum absolute atomic E-state index is 10.9. The summed E-state index contributed by atoms with van der Waals surface area (Å²) in [6, 6.07) is 8.67. The largest absolute Gasteiger partial charge is 0.387 e. The third-order valence-corrected chi connectivity index (χ3v) is 6.09. The highest BCUT2D eigenvalue weighted by molar-refractivity contribution is 5.85. The molecule has 162 valence electrons. The van der Waals surface area contributed by atoms with E-state index in [-0.39, 0.29) is 12.4 Å². The van der Waals surface area contributed by atoms with E-state index in [0.717, 1.165) is 43.6 Å². The van der Waals surface area contributed by atoms with Crippen LogP contribution in [0.5, 0.6) is 0 Å². The Hall–Kier alpha value is -1.16. The number of fused-ring (bicyclic) bond motifs is 2. The molecule has 1 unspecified atom stereocenters. The van der Waals surface area contributed by atoms with Crippen molar-refractivity contribution in [2.24, 2.45) is 0 Å². The molecule has 0 bridgehead atoms. The van der Waals surface area contributed by atoms with Gasteiger partial charge in [0.1, 0.15) is 0 Å². The van der Waals surface area contributed by atoms with Crippen LogP contribution >= 0.6 is 12.4 Å². The lowest BCUT2D eigenvalue weighted by Crippen LogP contribution is -2.31. The minimum Gasteiger partial charge on any atom is -0.387 e. The summed E-state index contributed by atoms with van der Waals surface area (Å²) in [5.74, 6) is 0. The molecule has 0 radical (unpaired) electrons. The van der Waals surface area contributed by atoms with Crippen molar-refractivity contribution in [2.75, 3.05) is 19.6 Å². The number of halogens is 1. The van der Waals surface area contributed by atoms with Crippen molar-refractivity contribution >= 4 is 23.3 Å². The molecule has 0 saturated heterocycles. The van der Waals surface area contributed by atoms with Gasteiger partial charge >= 0.3 is 0 Å². The van der Waals surface area contributed by atoms with Crippen molar-refractivity contribution in [2.45, 2.75) is 84.2 Å². The number of unbranched alkanes of at least 4 members (excludes halogenated alkanes) is 4. The van der Waals surface area contributed by atoms with Gasteiger partial charge in [0, 0.05) is 17.6 Å². The lowest BCUT2D eigenvalue weighted by atomic mass is 9.94. The van der Waals surface area contributed by atoms with Crippen molar-refractivity contribution in [3.63, 3.8) is 0 Å². The van der Waals surface area contributed by atoms with E-state index in [4.69, 9.17) is 4.98 Å². The number of hydrogen-bond donors (Lipinski definition) is 1. The van der Waals surface area contributed by atoms with Crippen LogP contribution in [0.1, 0.15) is 88.1 Å². The normalized spacial score (nSPS) is 14.6. The number of aryl methyl sites for hydroxylation is 2. The van der Waals surface area contributed by atoms with E-state index in [1.807, 2.05) is 0 Å². The fourth-order valence-corrected chi connectivity index (χ4v) is 4.33. The summed E-state index contributed by atoms with van der Waals surface area (Å²) in [6.45, 7) is 7.40. The number of hydrogen-bond acceptors (Lipinski definition) is 3. The van der Waals surface area contributed by atoms with Crippen LogP contribution in [-0.4, -0.2) is 34.6 Å². The zero-order chi connectivity index (χ0) is 19.8. The number of aromatic nitrogens is 1. The van der Waals surface area contributed by atoms with Gasteiger partial charge in [0.05, 0.1) is 11.6 Å². The van der Waals surface area contributed by atoms with E-state index in [9.17, 15) is 5.11 Å². The molecule has 1 N–H and O–H groups in total. The second kappa shape index (κ2) is 12.5. The van der Waals surface area contributed by atoms with Crippen molar-refractivity contribution in [3.05, 3.63) is 41.1 Å². The molecule has 1 aromatic heterocycles. The predicted molar refractivity (Wildman–Crippen MR) is 126 cm³/mol.